The second kappa shape index (κ2) is 11.5. The van der Waals surface area contributed by atoms with Crippen molar-refractivity contribution in [2.24, 2.45) is 0 Å². The third-order valence-electron chi connectivity index (χ3n) is 7.89. The third kappa shape index (κ3) is 5.01. The zero-order valence-corrected chi connectivity index (χ0v) is 23.8. The van der Waals surface area contributed by atoms with Crippen molar-refractivity contribution in [2.75, 3.05) is 74.3 Å². The van der Waals surface area contributed by atoms with Gasteiger partial charge in [0.05, 0.1) is 47.6 Å². The van der Waals surface area contributed by atoms with Crippen LogP contribution >= 0.6 is 11.6 Å². The highest BCUT2D eigenvalue weighted by atomic mass is 35.5. The van der Waals surface area contributed by atoms with Gasteiger partial charge in [-0.2, -0.15) is 0 Å². The fourth-order valence-electron chi connectivity index (χ4n) is 5.77. The highest BCUT2D eigenvalue weighted by molar-refractivity contribution is 6.38. The Kier molecular flexibility index (Phi) is 7.66. The predicted molar refractivity (Wildman–Crippen MR) is 162 cm³/mol. The monoisotopic (exact) mass is 592 g/mol. The molecule has 2 aliphatic heterocycles. The van der Waals surface area contributed by atoms with Gasteiger partial charge in [-0.3, -0.25) is 4.79 Å². The van der Waals surface area contributed by atoms with E-state index in [1.807, 2.05) is 53.4 Å². The molecule has 11 heteroatoms. The maximum atomic E-state index is 15.8. The van der Waals surface area contributed by atoms with Gasteiger partial charge >= 0.3 is 5.97 Å². The van der Waals surface area contributed by atoms with Crippen LogP contribution in [0.5, 0.6) is 5.75 Å². The molecule has 218 valence electrons. The second-order valence-corrected chi connectivity index (χ2v) is 10.6. The summed E-state index contributed by atoms with van der Waals surface area (Å²) in [7, 11) is 1.63. The molecule has 1 aromatic heterocycles. The summed E-state index contributed by atoms with van der Waals surface area (Å²) in [5.74, 6) is -1.31. The molecular formula is C31H30ClFN4O5. The lowest BCUT2D eigenvalue weighted by Gasteiger charge is -2.38. The topological polar surface area (TPSA) is 87.5 Å². The number of methoxy groups -OCH3 is 1. The molecule has 9 nitrogen and oxygen atoms in total. The molecule has 0 atom stereocenters. The van der Waals surface area contributed by atoms with Crippen LogP contribution in [0.1, 0.15) is 10.4 Å². The van der Waals surface area contributed by atoms with E-state index in [0.29, 0.717) is 58.2 Å². The first-order valence-corrected chi connectivity index (χ1v) is 14.1. The number of aromatic carboxylic acids is 1. The van der Waals surface area contributed by atoms with E-state index < -0.39 is 22.8 Å². The summed E-state index contributed by atoms with van der Waals surface area (Å²) in [6.45, 7) is 4.78. The number of aromatic nitrogens is 1. The highest BCUT2D eigenvalue weighted by Crippen LogP contribution is 2.38. The van der Waals surface area contributed by atoms with E-state index in [-0.39, 0.29) is 21.6 Å². The van der Waals surface area contributed by atoms with Crippen molar-refractivity contribution in [3.05, 3.63) is 87.4 Å². The van der Waals surface area contributed by atoms with Gasteiger partial charge in [-0.15, -0.1) is 0 Å². The molecule has 0 amide bonds. The van der Waals surface area contributed by atoms with E-state index >= 15 is 4.39 Å². The fraction of sp³-hybridized carbons (Fsp3) is 0.290. The molecule has 2 aliphatic rings. The van der Waals surface area contributed by atoms with Gasteiger partial charge in [-0.05, 0) is 36.4 Å². The summed E-state index contributed by atoms with van der Waals surface area (Å²) < 4.78 is 28.4. The van der Waals surface area contributed by atoms with Crippen LogP contribution in [0.25, 0.3) is 16.6 Å². The number of nitrogens with zero attached hydrogens (tertiary/aromatic N) is 4. The largest absolute Gasteiger partial charge is 0.495 e. The molecule has 42 heavy (non-hydrogen) atoms. The number of rotatable bonds is 6. The Bertz CT molecular complexity index is 1710. The molecular weight excluding hydrogens is 563 g/mol. The normalized spacial score (nSPS) is 15.7. The number of para-hydroxylation sites is 2. The van der Waals surface area contributed by atoms with Crippen molar-refractivity contribution in [1.82, 2.24) is 4.57 Å². The summed E-state index contributed by atoms with van der Waals surface area (Å²) in [6.07, 6.45) is 1.28. The zero-order chi connectivity index (χ0) is 29.4. The average Bonchev–Trinajstić information content (AvgIpc) is 3.02. The summed E-state index contributed by atoms with van der Waals surface area (Å²) in [5.41, 5.74) is 1.68. The molecule has 4 aromatic rings. The van der Waals surface area contributed by atoms with Crippen LogP contribution in [-0.4, -0.2) is 75.2 Å². The first-order chi connectivity index (χ1) is 20.4. The number of hydrogen-bond acceptors (Lipinski definition) is 7. The molecule has 0 bridgehead atoms. The van der Waals surface area contributed by atoms with E-state index in [1.54, 1.807) is 11.7 Å². The average molecular weight is 593 g/mol. The number of morpholine rings is 1. The summed E-state index contributed by atoms with van der Waals surface area (Å²) in [5, 5.41) is 9.79. The number of carboxylic acids is 1. The number of carboxylic acid groups (broad SMARTS) is 1. The number of ether oxygens (including phenoxy) is 2. The maximum absolute atomic E-state index is 15.8. The molecule has 0 saturated carbocycles. The van der Waals surface area contributed by atoms with Crippen molar-refractivity contribution in [3.63, 3.8) is 0 Å². The number of halogens is 2. The standard InChI is InChI=1S/C31H30ClFN4O5/c1-41-26-8-3-2-7-25(26)35-9-11-36(12-10-35)29-24(33)18-22-28(27(29)32)37(19-23(30(22)38)31(39)40)21-6-4-5-20(17-21)34-13-15-42-16-14-34/h2-8,17-19H,9-16H2,1H3,(H,39,40). The van der Waals surface area contributed by atoms with Gasteiger partial charge in [-0.1, -0.05) is 29.8 Å². The Hall–Kier alpha value is -4.28. The predicted octanol–water partition coefficient (Wildman–Crippen LogP) is 4.65. The summed E-state index contributed by atoms with van der Waals surface area (Å²) in [6, 6.07) is 16.4. The molecule has 0 aliphatic carbocycles. The lowest BCUT2D eigenvalue weighted by Crippen LogP contribution is -2.47. The van der Waals surface area contributed by atoms with Crippen LogP contribution in [-0.2, 0) is 4.74 Å². The maximum Gasteiger partial charge on any atom is 0.341 e. The van der Waals surface area contributed by atoms with Crippen molar-refractivity contribution in [3.8, 4) is 11.4 Å². The number of anilines is 3. The minimum atomic E-state index is -1.40. The van der Waals surface area contributed by atoms with E-state index in [2.05, 4.69) is 9.80 Å². The Morgan fingerprint density at radius 2 is 1.62 bits per heavy atom. The van der Waals surface area contributed by atoms with Gasteiger partial charge < -0.3 is 33.8 Å². The van der Waals surface area contributed by atoms with Gasteiger partial charge in [0.25, 0.3) is 0 Å². The lowest BCUT2D eigenvalue weighted by atomic mass is 10.1. The Balaban J connectivity index is 1.43. The quantitative estimate of drug-likeness (QED) is 0.346. The molecule has 1 N–H and O–H groups in total. The summed E-state index contributed by atoms with van der Waals surface area (Å²) >= 11 is 6.98. The number of hydrogen-bond donors (Lipinski definition) is 1. The second-order valence-electron chi connectivity index (χ2n) is 10.2. The third-order valence-corrected chi connectivity index (χ3v) is 8.25. The number of pyridine rings is 1. The molecule has 0 unspecified atom stereocenters. The van der Waals surface area contributed by atoms with Crippen molar-refractivity contribution in [2.45, 2.75) is 0 Å². The van der Waals surface area contributed by atoms with Crippen molar-refractivity contribution < 1.29 is 23.8 Å². The first-order valence-electron chi connectivity index (χ1n) is 13.7. The SMILES string of the molecule is COc1ccccc1N1CCN(c2c(F)cc3c(=O)c(C(=O)O)cn(-c4cccc(N5CCOCC5)c4)c3c2Cl)CC1. The van der Waals surface area contributed by atoms with Crippen LogP contribution in [0.3, 0.4) is 0 Å². The van der Waals surface area contributed by atoms with Gasteiger partial charge in [0.1, 0.15) is 17.1 Å². The molecule has 2 saturated heterocycles. The van der Waals surface area contributed by atoms with Crippen molar-refractivity contribution in [1.29, 1.82) is 0 Å². The van der Waals surface area contributed by atoms with Crippen LogP contribution < -0.4 is 24.9 Å². The molecule has 3 heterocycles. The highest BCUT2D eigenvalue weighted by Gasteiger charge is 2.27. The number of carbonyl (C=O) groups is 1. The number of benzene rings is 3. The van der Waals surface area contributed by atoms with Crippen molar-refractivity contribution >= 4 is 45.5 Å². The minimum Gasteiger partial charge on any atom is -0.495 e. The zero-order valence-electron chi connectivity index (χ0n) is 23.1. The van der Waals surface area contributed by atoms with Gasteiger partial charge in [0.15, 0.2) is 0 Å². The van der Waals surface area contributed by atoms with Crippen LogP contribution in [0.15, 0.2) is 65.6 Å². The lowest BCUT2D eigenvalue weighted by molar-refractivity contribution is 0.0695. The smallest absolute Gasteiger partial charge is 0.341 e. The van der Waals surface area contributed by atoms with Gasteiger partial charge in [0, 0.05) is 56.8 Å². The van der Waals surface area contributed by atoms with Crippen LogP contribution in [0.4, 0.5) is 21.5 Å². The Morgan fingerprint density at radius 1 is 0.929 bits per heavy atom. The van der Waals surface area contributed by atoms with E-state index in [4.69, 9.17) is 21.1 Å². The van der Waals surface area contributed by atoms with Crippen LogP contribution in [0, 0.1) is 5.82 Å². The van der Waals surface area contributed by atoms with Crippen LogP contribution in [0.2, 0.25) is 5.02 Å². The van der Waals surface area contributed by atoms with Gasteiger partial charge in [0.2, 0.25) is 5.43 Å². The number of piperazine rings is 1. The van der Waals surface area contributed by atoms with E-state index in [9.17, 15) is 14.7 Å². The Morgan fingerprint density at radius 3 is 2.33 bits per heavy atom. The van der Waals surface area contributed by atoms with Gasteiger partial charge in [-0.25, -0.2) is 9.18 Å². The number of fused-ring (bicyclic) bond motifs is 1. The fourth-order valence-corrected chi connectivity index (χ4v) is 6.18. The molecule has 2 fully saturated rings. The molecule has 0 radical (unpaired) electrons. The summed E-state index contributed by atoms with van der Waals surface area (Å²) in [4.78, 5) is 31.5. The molecule has 0 spiro atoms. The first kappa shape index (κ1) is 27.9. The van der Waals surface area contributed by atoms with E-state index in [1.165, 1.54) is 6.20 Å². The molecule has 6 rings (SSSR count). The molecule has 3 aromatic carbocycles. The Labute approximate surface area is 246 Å². The minimum absolute atomic E-state index is 0.0570. The van der Waals surface area contributed by atoms with E-state index in [0.717, 1.165) is 23.2 Å².